The Balaban J connectivity index is 1.38. The van der Waals surface area contributed by atoms with Crippen molar-refractivity contribution in [3.8, 4) is 0 Å². The van der Waals surface area contributed by atoms with Crippen LogP contribution in [0.4, 0.5) is 4.39 Å². The second-order valence-electron chi connectivity index (χ2n) is 6.77. The third kappa shape index (κ3) is 2.81. The molecule has 0 atom stereocenters. The van der Waals surface area contributed by atoms with Crippen LogP contribution in [0.25, 0.3) is 11.0 Å². The SMILES string of the molecule is O=C(NCCCn1c(=O)[nH]c2ccccc21)C1(c2ccccc2F)CC1. The Bertz CT molecular complexity index is 1020. The molecule has 6 heteroatoms. The van der Waals surface area contributed by atoms with Gasteiger partial charge >= 0.3 is 5.69 Å². The normalized spacial score (nSPS) is 15.1. The van der Waals surface area contributed by atoms with Gasteiger partial charge in [-0.15, -0.1) is 0 Å². The Labute approximate surface area is 149 Å². The largest absolute Gasteiger partial charge is 0.355 e. The number of nitrogens with zero attached hydrogens (tertiary/aromatic N) is 1. The smallest absolute Gasteiger partial charge is 0.326 e. The number of hydrogen-bond donors (Lipinski definition) is 2. The zero-order chi connectivity index (χ0) is 18.1. The molecule has 1 aliphatic rings. The molecule has 3 aromatic rings. The van der Waals surface area contributed by atoms with Gasteiger partial charge in [-0.25, -0.2) is 9.18 Å². The van der Waals surface area contributed by atoms with Crippen LogP contribution in [0.1, 0.15) is 24.8 Å². The number of benzene rings is 2. The third-order valence-electron chi connectivity index (χ3n) is 5.10. The third-order valence-corrected chi connectivity index (χ3v) is 5.10. The van der Waals surface area contributed by atoms with Crippen molar-refractivity contribution in [3.05, 3.63) is 70.4 Å². The van der Waals surface area contributed by atoms with Gasteiger partial charge in [0, 0.05) is 18.7 Å². The molecule has 134 valence electrons. The van der Waals surface area contributed by atoms with Crippen LogP contribution in [-0.2, 0) is 16.8 Å². The lowest BCUT2D eigenvalue weighted by Crippen LogP contribution is -2.36. The molecule has 1 heterocycles. The van der Waals surface area contributed by atoms with Gasteiger partial charge in [0.05, 0.1) is 16.4 Å². The van der Waals surface area contributed by atoms with Crippen molar-refractivity contribution < 1.29 is 9.18 Å². The number of nitrogens with one attached hydrogen (secondary N) is 2. The Morgan fingerprint density at radius 1 is 1.15 bits per heavy atom. The van der Waals surface area contributed by atoms with Gasteiger partial charge in [-0.2, -0.15) is 0 Å². The zero-order valence-corrected chi connectivity index (χ0v) is 14.3. The molecule has 1 aliphatic carbocycles. The first-order valence-corrected chi connectivity index (χ1v) is 8.83. The first-order chi connectivity index (χ1) is 12.6. The average Bonchev–Trinajstić information content (AvgIpc) is 3.38. The molecule has 1 fully saturated rings. The molecule has 2 N–H and O–H groups in total. The summed E-state index contributed by atoms with van der Waals surface area (Å²) >= 11 is 0. The Morgan fingerprint density at radius 2 is 1.88 bits per heavy atom. The molecular formula is C20H20FN3O2. The van der Waals surface area contributed by atoms with Crippen LogP contribution >= 0.6 is 0 Å². The predicted molar refractivity (Wildman–Crippen MR) is 97.5 cm³/mol. The van der Waals surface area contributed by atoms with E-state index in [2.05, 4.69) is 10.3 Å². The topological polar surface area (TPSA) is 66.9 Å². The minimum absolute atomic E-state index is 0.131. The highest BCUT2D eigenvalue weighted by Gasteiger charge is 2.52. The molecule has 0 spiro atoms. The molecule has 0 radical (unpaired) electrons. The highest BCUT2D eigenvalue weighted by molar-refractivity contribution is 5.91. The molecule has 0 unspecified atom stereocenters. The van der Waals surface area contributed by atoms with Gasteiger partial charge in [-0.3, -0.25) is 9.36 Å². The molecule has 0 saturated heterocycles. The van der Waals surface area contributed by atoms with Crippen molar-refractivity contribution in [1.29, 1.82) is 0 Å². The number of imidazole rings is 1. The number of H-pyrrole nitrogens is 1. The van der Waals surface area contributed by atoms with Gasteiger partial charge in [-0.05, 0) is 37.5 Å². The maximum Gasteiger partial charge on any atom is 0.326 e. The molecule has 4 rings (SSSR count). The van der Waals surface area contributed by atoms with Crippen molar-refractivity contribution in [2.24, 2.45) is 0 Å². The van der Waals surface area contributed by atoms with E-state index in [-0.39, 0.29) is 17.4 Å². The summed E-state index contributed by atoms with van der Waals surface area (Å²) in [4.78, 5) is 27.4. The number of fused-ring (bicyclic) bond motifs is 1. The molecule has 1 aromatic heterocycles. The van der Waals surface area contributed by atoms with E-state index in [0.29, 0.717) is 37.9 Å². The first-order valence-electron chi connectivity index (χ1n) is 8.83. The highest BCUT2D eigenvalue weighted by Crippen LogP contribution is 2.49. The fraction of sp³-hybridized carbons (Fsp3) is 0.300. The van der Waals surface area contributed by atoms with Gasteiger partial charge in [0.25, 0.3) is 0 Å². The van der Waals surface area contributed by atoms with Crippen LogP contribution in [0.3, 0.4) is 0 Å². The monoisotopic (exact) mass is 353 g/mol. The van der Waals surface area contributed by atoms with Crippen LogP contribution < -0.4 is 11.0 Å². The van der Waals surface area contributed by atoms with Gasteiger partial charge in [0.1, 0.15) is 5.82 Å². The van der Waals surface area contributed by atoms with E-state index in [1.807, 2.05) is 24.3 Å². The number of aryl methyl sites for hydroxylation is 1. The van der Waals surface area contributed by atoms with E-state index in [1.165, 1.54) is 6.07 Å². The summed E-state index contributed by atoms with van der Waals surface area (Å²) in [5.41, 5.74) is 1.27. The molecule has 0 aliphatic heterocycles. The minimum atomic E-state index is -0.719. The summed E-state index contributed by atoms with van der Waals surface area (Å²) in [6.45, 7) is 0.955. The quantitative estimate of drug-likeness (QED) is 0.669. The number of amides is 1. The summed E-state index contributed by atoms with van der Waals surface area (Å²) in [7, 11) is 0. The number of hydrogen-bond acceptors (Lipinski definition) is 2. The minimum Gasteiger partial charge on any atom is -0.355 e. The molecular weight excluding hydrogens is 333 g/mol. The molecule has 5 nitrogen and oxygen atoms in total. The van der Waals surface area contributed by atoms with E-state index in [1.54, 1.807) is 22.8 Å². The molecule has 1 saturated carbocycles. The van der Waals surface area contributed by atoms with E-state index in [9.17, 15) is 14.0 Å². The van der Waals surface area contributed by atoms with Gasteiger partial charge in [0.2, 0.25) is 5.91 Å². The lowest BCUT2D eigenvalue weighted by atomic mass is 9.94. The Kier molecular flexibility index (Phi) is 4.11. The van der Waals surface area contributed by atoms with E-state index in [4.69, 9.17) is 0 Å². The number of rotatable bonds is 6. The first kappa shape index (κ1) is 16.6. The summed E-state index contributed by atoms with van der Waals surface area (Å²) in [5, 5.41) is 2.91. The molecule has 0 bridgehead atoms. The van der Waals surface area contributed by atoms with Crippen molar-refractivity contribution >= 4 is 16.9 Å². The van der Waals surface area contributed by atoms with Gasteiger partial charge in [-0.1, -0.05) is 30.3 Å². The van der Waals surface area contributed by atoms with Crippen LogP contribution in [0.15, 0.2) is 53.3 Å². The lowest BCUT2D eigenvalue weighted by Gasteiger charge is -2.16. The summed E-state index contributed by atoms with van der Waals surface area (Å²) in [6, 6.07) is 14.0. The predicted octanol–water partition coefficient (Wildman–Crippen LogP) is 2.71. The molecule has 1 amide bonds. The summed E-state index contributed by atoms with van der Waals surface area (Å²) in [6.07, 6.45) is 1.96. The Hall–Kier alpha value is -2.89. The average molecular weight is 353 g/mol. The van der Waals surface area contributed by atoms with Crippen LogP contribution in [0.2, 0.25) is 0 Å². The van der Waals surface area contributed by atoms with E-state index < -0.39 is 5.41 Å². The van der Waals surface area contributed by atoms with Crippen molar-refractivity contribution in [2.75, 3.05) is 6.54 Å². The molecule has 2 aromatic carbocycles. The second kappa shape index (κ2) is 6.44. The number of aromatic amines is 1. The maximum atomic E-state index is 14.0. The summed E-state index contributed by atoms with van der Waals surface area (Å²) in [5.74, 6) is -0.459. The number of para-hydroxylation sites is 2. The van der Waals surface area contributed by atoms with E-state index >= 15 is 0 Å². The maximum absolute atomic E-state index is 14.0. The fourth-order valence-corrected chi connectivity index (χ4v) is 3.53. The van der Waals surface area contributed by atoms with Crippen LogP contribution in [-0.4, -0.2) is 22.0 Å². The van der Waals surface area contributed by atoms with Gasteiger partial charge < -0.3 is 10.3 Å². The van der Waals surface area contributed by atoms with Crippen molar-refractivity contribution in [3.63, 3.8) is 0 Å². The van der Waals surface area contributed by atoms with Crippen LogP contribution in [0, 0.1) is 5.82 Å². The lowest BCUT2D eigenvalue weighted by molar-refractivity contribution is -0.123. The standard InChI is InChI=1S/C20H20FN3O2/c21-15-7-2-1-6-14(15)20(10-11-20)18(25)22-12-5-13-24-17-9-4-3-8-16(17)23-19(24)26/h1-4,6-9H,5,10-13H2,(H,22,25)(H,23,26). The highest BCUT2D eigenvalue weighted by atomic mass is 19.1. The van der Waals surface area contributed by atoms with Crippen molar-refractivity contribution in [2.45, 2.75) is 31.2 Å². The fourth-order valence-electron chi connectivity index (χ4n) is 3.53. The Morgan fingerprint density at radius 3 is 2.65 bits per heavy atom. The van der Waals surface area contributed by atoms with Gasteiger partial charge in [0.15, 0.2) is 0 Å². The number of halogens is 1. The number of carbonyl (C=O) groups excluding carboxylic acids is 1. The zero-order valence-electron chi connectivity index (χ0n) is 14.3. The molecule has 26 heavy (non-hydrogen) atoms. The van der Waals surface area contributed by atoms with Crippen LogP contribution in [0.5, 0.6) is 0 Å². The van der Waals surface area contributed by atoms with Crippen molar-refractivity contribution in [1.82, 2.24) is 14.9 Å². The van der Waals surface area contributed by atoms with E-state index in [0.717, 1.165) is 11.0 Å². The second-order valence-corrected chi connectivity index (χ2v) is 6.77. The number of carbonyl (C=O) groups is 1. The summed E-state index contributed by atoms with van der Waals surface area (Å²) < 4.78 is 15.7. The number of aromatic nitrogens is 2.